The molecule has 2 aliphatic heterocycles. The summed E-state index contributed by atoms with van der Waals surface area (Å²) in [5.41, 5.74) is 19.7. The van der Waals surface area contributed by atoms with Crippen molar-refractivity contribution >= 4 is 44.3 Å². The predicted molar refractivity (Wildman–Crippen MR) is 148 cm³/mol. The first kappa shape index (κ1) is 34.6. The van der Waals surface area contributed by atoms with E-state index >= 15 is 0 Å². The molecule has 0 aliphatic carbocycles. The number of azide groups is 1. The lowest BCUT2D eigenvalue weighted by atomic mass is 10.1. The number of pyridine rings is 1. The Morgan fingerprint density at radius 2 is 1.87 bits per heavy atom. The highest BCUT2D eigenvalue weighted by molar-refractivity contribution is 7.54. The van der Waals surface area contributed by atoms with Crippen LogP contribution in [0.15, 0.2) is 36.0 Å². The van der Waals surface area contributed by atoms with Crippen LogP contribution in [0.25, 0.3) is 21.6 Å². The summed E-state index contributed by atoms with van der Waals surface area (Å²) in [4.78, 5) is 55.7. The van der Waals surface area contributed by atoms with Crippen LogP contribution in [-0.4, -0.2) is 110 Å². The van der Waals surface area contributed by atoms with Crippen LogP contribution in [0.5, 0.6) is 0 Å². The molecule has 10 atom stereocenters. The molecule has 47 heavy (non-hydrogen) atoms. The molecule has 11 N–H and O–H groups in total. The lowest BCUT2D eigenvalue weighted by Crippen LogP contribution is -2.46. The summed E-state index contributed by atoms with van der Waals surface area (Å²) in [6.45, 7) is -1.01. The van der Waals surface area contributed by atoms with Crippen molar-refractivity contribution in [2.24, 2.45) is 10.8 Å². The number of rotatable bonds is 11. The molecule has 24 nitrogen and oxygen atoms in total. The Morgan fingerprint density at radius 3 is 2.53 bits per heavy atom. The minimum absolute atomic E-state index is 0.0132. The number of phosphoric ester groups is 1. The van der Waals surface area contributed by atoms with E-state index in [0.717, 1.165) is 21.7 Å². The van der Waals surface area contributed by atoms with E-state index in [-0.39, 0.29) is 22.5 Å². The summed E-state index contributed by atoms with van der Waals surface area (Å²) in [7, 11) is -11.1. The number of phosphoric acid groups is 1. The number of hydrogen-bond donors (Lipinski definition) is 9. The smallest absolute Gasteiger partial charge is 0.387 e. The van der Waals surface area contributed by atoms with Gasteiger partial charge in [0, 0.05) is 11.0 Å². The Bertz CT molecular complexity index is 1820. The van der Waals surface area contributed by atoms with Crippen LogP contribution in [0.3, 0.4) is 0 Å². The van der Waals surface area contributed by atoms with Crippen LogP contribution in [0.4, 0.5) is 11.8 Å². The van der Waals surface area contributed by atoms with E-state index in [1.165, 1.54) is 18.3 Å². The third-order valence-corrected chi connectivity index (χ3v) is 9.36. The number of anilines is 1. The van der Waals surface area contributed by atoms with Gasteiger partial charge in [0.25, 0.3) is 12.1 Å². The fourth-order valence-corrected chi connectivity index (χ4v) is 7.33. The van der Waals surface area contributed by atoms with E-state index in [1.54, 1.807) is 0 Å². The summed E-state index contributed by atoms with van der Waals surface area (Å²) in [5, 5.41) is 46.0. The number of nitrogen functional groups attached to an aromatic ring is 1. The number of aliphatic hydroxyl groups excluding tert-OH is 4. The summed E-state index contributed by atoms with van der Waals surface area (Å²) in [6.07, 6.45) is -10.8. The van der Waals surface area contributed by atoms with Crippen LogP contribution in [0.1, 0.15) is 22.8 Å². The van der Waals surface area contributed by atoms with E-state index in [2.05, 4.69) is 29.5 Å². The zero-order valence-corrected chi connectivity index (χ0v) is 25.2. The molecule has 3 aromatic rings. The van der Waals surface area contributed by atoms with Crippen LogP contribution >= 0.6 is 15.4 Å². The third kappa shape index (κ3) is 6.97. The van der Waals surface area contributed by atoms with E-state index < -0.39 is 88.8 Å². The van der Waals surface area contributed by atoms with Gasteiger partial charge in [-0.25, -0.2) is 19.5 Å². The van der Waals surface area contributed by atoms with Gasteiger partial charge in [-0.15, -0.1) is 0 Å². The molecule has 0 radical (unpaired) electrons. The first-order valence-corrected chi connectivity index (χ1v) is 16.3. The highest BCUT2D eigenvalue weighted by atomic mass is 31.2. The highest BCUT2D eigenvalue weighted by Crippen LogP contribution is 2.57. The number of aliphatic hydroxyl groups is 4. The average molecular weight is 705 g/mol. The number of carbonyl (C=O) groups is 1. The van der Waals surface area contributed by atoms with Crippen molar-refractivity contribution < 1.29 is 72.1 Å². The number of hydrogen-bond acceptors (Lipinski definition) is 16. The summed E-state index contributed by atoms with van der Waals surface area (Å²) in [5.74, 6) is -4.09. The average Bonchev–Trinajstić information content (AvgIpc) is 3.64. The number of amides is 1. The molecule has 0 saturated carbocycles. The molecular weight excluding hydrogens is 678 g/mol. The molecule has 5 rings (SSSR count). The molecule has 0 spiro atoms. The summed E-state index contributed by atoms with van der Waals surface area (Å²) >= 11 is 0. The lowest BCUT2D eigenvalue weighted by Gasteiger charge is -2.29. The molecule has 0 aromatic carbocycles. The summed E-state index contributed by atoms with van der Waals surface area (Å²) in [6, 6.07) is 2.66. The van der Waals surface area contributed by atoms with Crippen LogP contribution in [0, 0.1) is 0 Å². The van der Waals surface area contributed by atoms with Crippen molar-refractivity contribution in [1.29, 1.82) is 0 Å². The van der Waals surface area contributed by atoms with Gasteiger partial charge in [0.15, 0.2) is 42.0 Å². The molecule has 2 aliphatic rings. The quantitative estimate of drug-likeness (QED) is 0.0322. The van der Waals surface area contributed by atoms with Gasteiger partial charge in [-0.05, 0) is 16.7 Å². The number of nitrogens with zero attached hydrogens (tertiary/aromatic N) is 8. The Labute approximate surface area is 261 Å². The Kier molecular flexibility index (Phi) is 9.63. The van der Waals surface area contributed by atoms with Gasteiger partial charge in [0.05, 0.1) is 12.9 Å². The largest absolute Gasteiger partial charge is 0.470 e. The van der Waals surface area contributed by atoms with Gasteiger partial charge >= 0.3 is 15.4 Å². The maximum absolute atomic E-state index is 13.4. The normalized spacial score (nSPS) is 29.8. The topological polar surface area (TPSA) is 378 Å². The number of primary amides is 1. The first-order chi connectivity index (χ1) is 22.0. The van der Waals surface area contributed by atoms with Crippen molar-refractivity contribution in [2.75, 3.05) is 12.3 Å². The van der Waals surface area contributed by atoms with Crippen molar-refractivity contribution in [1.82, 2.24) is 19.5 Å². The standard InChI is InChI=1S/C21H26N10O14P2/c22-15-9-17(27-21(26-15)28-29-24)31(6-25-9)19-12(34)10(32)8(43-19)5-42-46(37,38)20(45-47(39,40)41)14-11(33)13(35)18(44-14)30-3-1-2-7(4-30)16(23)36/h1-4,6,8,10-14,18-20,32-35H,5H2,(H6-,22,23,26,27,36,37,38,39,40,41)/p+1/t8-,10-,11+,12-,13-,14-,18-,19-,20?/m1/s1. The molecule has 2 saturated heterocycles. The van der Waals surface area contributed by atoms with Crippen molar-refractivity contribution in [2.45, 2.75) is 54.9 Å². The van der Waals surface area contributed by atoms with Crippen LogP contribution in [-0.2, 0) is 27.7 Å². The molecule has 2 unspecified atom stereocenters. The number of ether oxygens (including phenoxy) is 2. The minimum atomic E-state index is -5.62. The molecular formula is C21H27N10O14P2+. The molecule has 0 bridgehead atoms. The number of imidazole rings is 1. The number of nitrogens with two attached hydrogens (primary N) is 2. The fraction of sp³-hybridized carbons (Fsp3) is 0.476. The van der Waals surface area contributed by atoms with E-state index in [0.29, 0.717) is 0 Å². The van der Waals surface area contributed by atoms with Crippen molar-refractivity contribution in [3.8, 4) is 0 Å². The van der Waals surface area contributed by atoms with Crippen molar-refractivity contribution in [3.63, 3.8) is 0 Å². The maximum Gasteiger partial charge on any atom is 0.470 e. The molecule has 1 amide bonds. The zero-order chi connectivity index (χ0) is 34.4. The van der Waals surface area contributed by atoms with Gasteiger partial charge in [-0.3, -0.25) is 18.5 Å². The SMILES string of the molecule is [N-]=[N+]=Nc1nc(N)c2ncn([C@@H]3O[C@H](COP(=O)(O)C(OP(=O)(O)O)[C@@H]4O[C@@H]([n+]5cccc(C(N)=O)c5)[C@H](O)[C@@H]4O)[C@@H](O)[C@H]3O)c2n1. The molecule has 254 valence electrons. The zero-order valence-electron chi connectivity index (χ0n) is 23.4. The Morgan fingerprint density at radius 1 is 1.15 bits per heavy atom. The van der Waals surface area contributed by atoms with E-state index in [9.17, 15) is 49.0 Å². The fourth-order valence-electron chi connectivity index (χ4n) is 4.96. The monoisotopic (exact) mass is 705 g/mol. The van der Waals surface area contributed by atoms with Crippen LogP contribution in [0.2, 0.25) is 0 Å². The molecule has 3 aromatic heterocycles. The maximum atomic E-state index is 13.4. The number of aromatic nitrogens is 5. The van der Waals surface area contributed by atoms with Crippen molar-refractivity contribution in [3.05, 3.63) is 46.9 Å². The highest BCUT2D eigenvalue weighted by Gasteiger charge is 2.58. The van der Waals surface area contributed by atoms with Gasteiger partial charge in [0.2, 0.25) is 5.95 Å². The van der Waals surface area contributed by atoms with Gasteiger partial charge in [-0.1, -0.05) is 0 Å². The minimum Gasteiger partial charge on any atom is -0.387 e. The van der Waals surface area contributed by atoms with Gasteiger partial charge in [-0.2, -0.15) is 4.57 Å². The second kappa shape index (κ2) is 13.1. The first-order valence-electron chi connectivity index (χ1n) is 13.1. The molecule has 2 fully saturated rings. The third-order valence-electron chi connectivity index (χ3n) is 7.13. The molecule has 5 heterocycles. The summed E-state index contributed by atoms with van der Waals surface area (Å²) < 4.78 is 48.1. The Hall–Kier alpha value is -3.70. The van der Waals surface area contributed by atoms with E-state index in [1.807, 2.05) is 0 Å². The van der Waals surface area contributed by atoms with Gasteiger partial charge in [0.1, 0.15) is 41.6 Å². The second-order valence-corrected chi connectivity index (χ2v) is 13.3. The van der Waals surface area contributed by atoms with E-state index in [4.69, 9.17) is 31.0 Å². The number of carbonyl (C=O) groups excluding carboxylic acids is 1. The number of fused-ring (bicyclic) bond motifs is 1. The second-order valence-electron chi connectivity index (χ2n) is 10.2. The van der Waals surface area contributed by atoms with Crippen LogP contribution < -0.4 is 16.0 Å². The van der Waals surface area contributed by atoms with Gasteiger partial charge < -0.3 is 60.6 Å². The Balaban J connectivity index is 1.36. The molecule has 26 heteroatoms. The predicted octanol–water partition coefficient (Wildman–Crippen LogP) is -2.69. The lowest BCUT2D eigenvalue weighted by molar-refractivity contribution is -0.766.